The molecule has 2 heterocycles. The van der Waals surface area contributed by atoms with Crippen molar-refractivity contribution in [3.8, 4) is 33.1 Å². The Balaban J connectivity index is 0.000000207. The zero-order valence-corrected chi connectivity index (χ0v) is 14.1. The standard InChI is InChI=1S/C12H9N5S.C6H5/c1-5-6(2)18-12(13-5)9-4-7-3-8(10(7)9)11-14-16-17-15-11;1-2-4-6-5-3-1/h3-4H,1-2H3,(H,14,15,16,17);1-5H. The maximum atomic E-state index is 4.59. The lowest BCUT2D eigenvalue weighted by Crippen LogP contribution is -2.02. The van der Waals surface area contributed by atoms with Crippen molar-refractivity contribution in [2.24, 2.45) is 0 Å². The minimum atomic E-state index is 0.726. The van der Waals surface area contributed by atoms with Crippen LogP contribution in [0.25, 0.3) is 33.1 Å². The number of tetrazole rings is 1. The number of aromatic nitrogens is 5. The molecule has 0 spiro atoms. The Hall–Kier alpha value is -2.86. The molecule has 1 radical (unpaired) electrons. The quantitative estimate of drug-likeness (QED) is 0.529. The van der Waals surface area contributed by atoms with Gasteiger partial charge in [-0.3, -0.25) is 0 Å². The fourth-order valence-corrected chi connectivity index (χ4v) is 3.44. The van der Waals surface area contributed by atoms with E-state index in [1.165, 1.54) is 21.6 Å². The van der Waals surface area contributed by atoms with E-state index in [4.69, 9.17) is 0 Å². The summed E-state index contributed by atoms with van der Waals surface area (Å²) in [7, 11) is 0. The van der Waals surface area contributed by atoms with Crippen molar-refractivity contribution in [2.75, 3.05) is 0 Å². The van der Waals surface area contributed by atoms with Crippen LogP contribution in [0.5, 0.6) is 0 Å². The van der Waals surface area contributed by atoms with Crippen LogP contribution in [0.15, 0.2) is 42.5 Å². The number of hydrogen-bond acceptors (Lipinski definition) is 5. The fraction of sp³-hybridized carbons (Fsp3) is 0.111. The van der Waals surface area contributed by atoms with Crippen LogP contribution < -0.4 is 0 Å². The maximum Gasteiger partial charge on any atom is 0.180 e. The molecule has 0 fully saturated rings. The molecule has 0 saturated carbocycles. The summed E-state index contributed by atoms with van der Waals surface area (Å²) in [4.78, 5) is 5.86. The Kier molecular flexibility index (Phi) is 3.66. The molecule has 0 aliphatic heterocycles. The van der Waals surface area contributed by atoms with Gasteiger partial charge in [0, 0.05) is 21.6 Å². The number of aromatic amines is 1. The van der Waals surface area contributed by atoms with Gasteiger partial charge in [-0.2, -0.15) is 0 Å². The smallest absolute Gasteiger partial charge is 0.180 e. The van der Waals surface area contributed by atoms with Gasteiger partial charge >= 0.3 is 0 Å². The third-order valence-electron chi connectivity index (χ3n) is 3.89. The topological polar surface area (TPSA) is 67.3 Å². The third kappa shape index (κ3) is 2.51. The molecule has 5 rings (SSSR count). The van der Waals surface area contributed by atoms with E-state index in [1.54, 1.807) is 11.3 Å². The average molecular weight is 332 g/mol. The van der Waals surface area contributed by atoms with E-state index in [0.29, 0.717) is 0 Å². The first kappa shape index (κ1) is 14.7. The molecule has 0 saturated heterocycles. The molecule has 5 nitrogen and oxygen atoms in total. The van der Waals surface area contributed by atoms with Crippen LogP contribution in [-0.4, -0.2) is 25.6 Å². The first-order chi connectivity index (χ1) is 11.7. The zero-order chi connectivity index (χ0) is 16.5. The largest absolute Gasteiger partial charge is 0.241 e. The zero-order valence-electron chi connectivity index (χ0n) is 13.2. The summed E-state index contributed by atoms with van der Waals surface area (Å²) >= 11 is 1.73. The Morgan fingerprint density at radius 2 is 1.83 bits per heavy atom. The van der Waals surface area contributed by atoms with Crippen molar-refractivity contribution < 1.29 is 0 Å². The minimum Gasteiger partial charge on any atom is -0.241 e. The Morgan fingerprint density at radius 1 is 1.04 bits per heavy atom. The Morgan fingerprint density at radius 3 is 2.33 bits per heavy atom. The van der Waals surface area contributed by atoms with E-state index in [9.17, 15) is 0 Å². The summed E-state index contributed by atoms with van der Waals surface area (Å²) in [5, 5.41) is 15.0. The number of fused-ring (bicyclic) bond motifs is 1. The molecular formula is C18H14N5S. The number of aryl methyl sites for hydroxylation is 2. The highest BCUT2D eigenvalue weighted by Crippen LogP contribution is 2.51. The molecule has 0 atom stereocenters. The lowest BCUT2D eigenvalue weighted by Gasteiger charge is -2.24. The first-order valence-electron chi connectivity index (χ1n) is 7.52. The van der Waals surface area contributed by atoms with Gasteiger partial charge in [0.25, 0.3) is 0 Å². The van der Waals surface area contributed by atoms with Gasteiger partial charge in [-0.15, -0.1) is 16.4 Å². The predicted octanol–water partition coefficient (Wildman–Crippen LogP) is 4.07. The van der Waals surface area contributed by atoms with Gasteiger partial charge in [0.05, 0.1) is 5.69 Å². The van der Waals surface area contributed by atoms with Crippen molar-refractivity contribution in [3.05, 3.63) is 59.1 Å². The molecule has 2 aliphatic carbocycles. The third-order valence-corrected chi connectivity index (χ3v) is 5.00. The van der Waals surface area contributed by atoms with Gasteiger partial charge in [0.1, 0.15) is 5.01 Å². The molecule has 6 heteroatoms. The van der Waals surface area contributed by atoms with Gasteiger partial charge in [0.2, 0.25) is 0 Å². The molecule has 3 aromatic rings. The van der Waals surface area contributed by atoms with Crippen molar-refractivity contribution >= 4 is 11.3 Å². The van der Waals surface area contributed by atoms with Crippen LogP contribution in [-0.2, 0) is 0 Å². The van der Waals surface area contributed by atoms with E-state index in [1.807, 2.05) is 37.3 Å². The Labute approximate surface area is 143 Å². The number of nitrogens with one attached hydrogen (secondary N) is 1. The van der Waals surface area contributed by atoms with Crippen molar-refractivity contribution in [1.82, 2.24) is 25.6 Å². The summed E-state index contributed by atoms with van der Waals surface area (Å²) in [6, 6.07) is 16.8. The van der Waals surface area contributed by atoms with Crippen LogP contribution in [0.1, 0.15) is 10.6 Å². The maximum absolute atomic E-state index is 4.59. The molecule has 0 amide bonds. The highest BCUT2D eigenvalue weighted by atomic mass is 32.1. The number of nitrogens with zero attached hydrogens (tertiary/aromatic N) is 4. The number of benzene rings is 2. The lowest BCUT2D eigenvalue weighted by atomic mass is 9.81. The summed E-state index contributed by atoms with van der Waals surface area (Å²) < 4.78 is 0. The molecule has 24 heavy (non-hydrogen) atoms. The van der Waals surface area contributed by atoms with Crippen LogP contribution in [0.3, 0.4) is 0 Å². The second kappa shape index (κ2) is 5.98. The fourth-order valence-electron chi connectivity index (χ4n) is 2.50. The monoisotopic (exact) mass is 332 g/mol. The summed E-state index contributed by atoms with van der Waals surface area (Å²) in [6.07, 6.45) is 0. The molecular weight excluding hydrogens is 318 g/mol. The van der Waals surface area contributed by atoms with Gasteiger partial charge in [-0.25, -0.2) is 10.1 Å². The van der Waals surface area contributed by atoms with Crippen molar-refractivity contribution in [1.29, 1.82) is 0 Å². The van der Waals surface area contributed by atoms with Crippen LogP contribution in [0.2, 0.25) is 0 Å². The van der Waals surface area contributed by atoms with Crippen LogP contribution in [0.4, 0.5) is 0 Å². The Bertz CT molecular complexity index is 928. The second-order valence-electron chi connectivity index (χ2n) is 5.43. The van der Waals surface area contributed by atoms with Crippen molar-refractivity contribution in [3.63, 3.8) is 0 Å². The molecule has 1 aromatic carbocycles. The molecule has 0 unspecified atom stereocenters. The average Bonchev–Trinajstić information content (AvgIpc) is 3.22. The molecule has 117 valence electrons. The molecule has 2 aromatic heterocycles. The van der Waals surface area contributed by atoms with E-state index in [0.717, 1.165) is 22.1 Å². The highest BCUT2D eigenvalue weighted by Gasteiger charge is 2.28. The summed E-state index contributed by atoms with van der Waals surface area (Å²) in [5.41, 5.74) is 5.90. The van der Waals surface area contributed by atoms with E-state index in [2.05, 4.69) is 50.7 Å². The number of hydrogen-bond donors (Lipinski definition) is 1. The van der Waals surface area contributed by atoms with E-state index < -0.39 is 0 Å². The molecule has 1 N–H and O–H groups in total. The molecule has 2 aliphatic rings. The SMILES string of the molecule is Cc1nc(-c2cc3cc(-c4nnn[nH]4)c2-3)sc1C.[c]1ccccc1. The normalized spacial score (nSPS) is 10.9. The van der Waals surface area contributed by atoms with Gasteiger partial charge in [-0.1, -0.05) is 30.3 Å². The first-order valence-corrected chi connectivity index (χ1v) is 8.33. The van der Waals surface area contributed by atoms with E-state index >= 15 is 0 Å². The highest BCUT2D eigenvalue weighted by molar-refractivity contribution is 7.15. The summed E-state index contributed by atoms with van der Waals surface area (Å²) in [6.45, 7) is 4.14. The van der Waals surface area contributed by atoms with E-state index in [-0.39, 0.29) is 0 Å². The molecule has 0 bridgehead atoms. The number of thiazole rings is 1. The predicted molar refractivity (Wildman–Crippen MR) is 94.5 cm³/mol. The van der Waals surface area contributed by atoms with Crippen LogP contribution >= 0.6 is 11.3 Å². The van der Waals surface area contributed by atoms with Gasteiger partial charge in [-0.05, 0) is 48.0 Å². The number of H-pyrrole nitrogens is 1. The van der Waals surface area contributed by atoms with Crippen LogP contribution in [0, 0.1) is 19.9 Å². The minimum absolute atomic E-state index is 0.726. The summed E-state index contributed by atoms with van der Waals surface area (Å²) in [5.74, 6) is 0.726. The second-order valence-corrected chi connectivity index (χ2v) is 6.64. The lowest BCUT2D eigenvalue weighted by molar-refractivity contribution is 0.881. The number of rotatable bonds is 2. The van der Waals surface area contributed by atoms with Gasteiger partial charge < -0.3 is 0 Å². The van der Waals surface area contributed by atoms with Gasteiger partial charge in [0.15, 0.2) is 5.82 Å². The van der Waals surface area contributed by atoms with Crippen molar-refractivity contribution in [2.45, 2.75) is 13.8 Å².